The molecule has 3 atom stereocenters. The Morgan fingerprint density at radius 2 is 2.14 bits per heavy atom. The highest BCUT2D eigenvalue weighted by Gasteiger charge is 2.38. The zero-order valence-electron chi connectivity index (χ0n) is 12.3. The van der Waals surface area contributed by atoms with Gasteiger partial charge >= 0.3 is 0 Å². The Labute approximate surface area is 135 Å². The van der Waals surface area contributed by atoms with Gasteiger partial charge in [-0.15, -0.1) is 12.4 Å². The van der Waals surface area contributed by atoms with E-state index in [2.05, 4.69) is 10.9 Å². The molecule has 0 aliphatic carbocycles. The van der Waals surface area contributed by atoms with E-state index in [1.165, 1.54) is 6.07 Å². The van der Waals surface area contributed by atoms with Crippen molar-refractivity contribution in [2.75, 3.05) is 19.6 Å². The maximum absolute atomic E-state index is 14.0. The number of carbonyl (C=O) groups is 1. The van der Waals surface area contributed by atoms with Crippen LogP contribution in [0.5, 0.6) is 0 Å². The summed E-state index contributed by atoms with van der Waals surface area (Å²) >= 11 is 0. The molecule has 122 valence electrons. The molecule has 3 rings (SSSR count). The number of likely N-dealkylation sites (tertiary alicyclic amines) is 1. The Kier molecular flexibility index (Phi) is 5.74. The van der Waals surface area contributed by atoms with Crippen LogP contribution in [0.3, 0.4) is 0 Å². The first-order valence-corrected chi connectivity index (χ1v) is 7.44. The molecule has 5 nitrogen and oxygen atoms in total. The number of nitrogens with zero attached hydrogens (tertiary/aromatic N) is 1. The Hall–Kier alpha value is -1.21. The van der Waals surface area contributed by atoms with Crippen LogP contribution in [-0.2, 0) is 4.79 Å². The Morgan fingerprint density at radius 3 is 2.86 bits per heavy atom. The third-order valence-electron chi connectivity index (χ3n) is 4.31. The van der Waals surface area contributed by atoms with Crippen molar-refractivity contribution in [3.05, 3.63) is 35.6 Å². The maximum Gasteiger partial charge on any atom is 0.229 e. The number of hydrazine groups is 1. The van der Waals surface area contributed by atoms with Gasteiger partial charge in [0.05, 0.1) is 12.0 Å². The van der Waals surface area contributed by atoms with Gasteiger partial charge in [0.2, 0.25) is 5.91 Å². The molecule has 2 fully saturated rings. The summed E-state index contributed by atoms with van der Waals surface area (Å²) in [4.78, 5) is 14.5. The van der Waals surface area contributed by atoms with Crippen LogP contribution >= 0.6 is 12.4 Å². The molecule has 1 aromatic rings. The Morgan fingerprint density at radius 1 is 1.36 bits per heavy atom. The summed E-state index contributed by atoms with van der Waals surface area (Å²) < 4.78 is 14.0. The van der Waals surface area contributed by atoms with Crippen LogP contribution in [0.4, 0.5) is 4.39 Å². The van der Waals surface area contributed by atoms with Crippen LogP contribution < -0.4 is 16.6 Å². The molecule has 0 saturated carbocycles. The van der Waals surface area contributed by atoms with Crippen molar-refractivity contribution in [3.63, 3.8) is 0 Å². The summed E-state index contributed by atoms with van der Waals surface area (Å²) in [6.07, 6.45) is 1.90. The topological polar surface area (TPSA) is 70.4 Å². The lowest BCUT2D eigenvalue weighted by atomic mass is 9.92. The van der Waals surface area contributed by atoms with Crippen molar-refractivity contribution in [1.29, 1.82) is 0 Å². The second-order valence-corrected chi connectivity index (χ2v) is 5.82. The average molecular weight is 329 g/mol. The molecule has 0 radical (unpaired) electrons. The zero-order chi connectivity index (χ0) is 14.8. The van der Waals surface area contributed by atoms with Crippen molar-refractivity contribution in [1.82, 2.24) is 15.8 Å². The van der Waals surface area contributed by atoms with E-state index in [0.29, 0.717) is 18.7 Å². The van der Waals surface area contributed by atoms with Gasteiger partial charge in [-0.05, 0) is 18.9 Å². The number of benzene rings is 1. The van der Waals surface area contributed by atoms with E-state index in [-0.39, 0.29) is 42.1 Å². The monoisotopic (exact) mass is 328 g/mol. The first-order chi connectivity index (χ1) is 10.2. The van der Waals surface area contributed by atoms with Crippen molar-refractivity contribution in [2.24, 2.45) is 11.7 Å². The molecule has 4 N–H and O–H groups in total. The van der Waals surface area contributed by atoms with Gasteiger partial charge in [-0.2, -0.15) is 0 Å². The summed E-state index contributed by atoms with van der Waals surface area (Å²) in [6, 6.07) is 6.31. The molecule has 3 unspecified atom stereocenters. The third-order valence-corrected chi connectivity index (χ3v) is 4.31. The molecule has 0 spiro atoms. The van der Waals surface area contributed by atoms with Gasteiger partial charge in [-0.25, -0.2) is 9.82 Å². The van der Waals surface area contributed by atoms with Gasteiger partial charge in [0.25, 0.3) is 0 Å². The fourth-order valence-corrected chi connectivity index (χ4v) is 3.19. The lowest BCUT2D eigenvalue weighted by Gasteiger charge is -2.33. The zero-order valence-corrected chi connectivity index (χ0v) is 13.1. The number of nitrogens with one attached hydrogen (secondary N) is 2. The number of piperidine rings is 1. The predicted molar refractivity (Wildman–Crippen MR) is 84.8 cm³/mol. The van der Waals surface area contributed by atoms with E-state index in [9.17, 15) is 9.18 Å². The summed E-state index contributed by atoms with van der Waals surface area (Å²) in [5.41, 5.74) is 12.5. The second-order valence-electron chi connectivity index (χ2n) is 5.82. The minimum absolute atomic E-state index is 0. The molecule has 0 aromatic heterocycles. The SMILES string of the molecule is Cl.NC1CCCN(C(=O)C2CNNC2c2ccccc2F)C1. The molecule has 1 amide bonds. The molecular weight excluding hydrogens is 307 g/mol. The van der Waals surface area contributed by atoms with E-state index in [1.54, 1.807) is 18.2 Å². The number of halogens is 2. The summed E-state index contributed by atoms with van der Waals surface area (Å²) in [7, 11) is 0. The second kappa shape index (κ2) is 7.37. The van der Waals surface area contributed by atoms with Gasteiger partial charge in [-0.3, -0.25) is 10.2 Å². The number of carbonyl (C=O) groups excluding carboxylic acids is 1. The standard InChI is InChI=1S/C15H21FN4O.ClH/c16-13-6-2-1-5-11(13)14-12(8-18-19-14)15(21)20-7-3-4-10(17)9-20;/h1-2,5-6,10,12,14,18-19H,3-4,7-9,17H2;1H. The molecule has 2 aliphatic rings. The molecule has 2 saturated heterocycles. The van der Waals surface area contributed by atoms with Crippen LogP contribution in [0.2, 0.25) is 0 Å². The minimum Gasteiger partial charge on any atom is -0.341 e. The van der Waals surface area contributed by atoms with E-state index in [1.807, 2.05) is 4.90 Å². The fraction of sp³-hybridized carbons (Fsp3) is 0.533. The summed E-state index contributed by atoms with van der Waals surface area (Å²) in [6.45, 7) is 1.84. The highest BCUT2D eigenvalue weighted by atomic mass is 35.5. The number of hydrogen-bond donors (Lipinski definition) is 3. The highest BCUT2D eigenvalue weighted by molar-refractivity contribution is 5.85. The molecule has 2 aliphatic heterocycles. The lowest BCUT2D eigenvalue weighted by Crippen LogP contribution is -2.48. The molecule has 22 heavy (non-hydrogen) atoms. The smallest absolute Gasteiger partial charge is 0.229 e. The Bertz CT molecular complexity index is 530. The normalized spacial score (nSPS) is 28.3. The van der Waals surface area contributed by atoms with Crippen LogP contribution in [0, 0.1) is 11.7 Å². The fourth-order valence-electron chi connectivity index (χ4n) is 3.19. The molecular formula is C15H22ClFN4O. The van der Waals surface area contributed by atoms with E-state index >= 15 is 0 Å². The quantitative estimate of drug-likeness (QED) is 0.756. The van der Waals surface area contributed by atoms with Crippen LogP contribution in [0.15, 0.2) is 24.3 Å². The largest absolute Gasteiger partial charge is 0.341 e. The van der Waals surface area contributed by atoms with Gasteiger partial charge in [0, 0.05) is 31.2 Å². The predicted octanol–water partition coefficient (Wildman–Crippen LogP) is 0.962. The molecule has 0 bridgehead atoms. The van der Waals surface area contributed by atoms with Gasteiger partial charge in [0.15, 0.2) is 0 Å². The van der Waals surface area contributed by atoms with Crippen LogP contribution in [0.25, 0.3) is 0 Å². The third kappa shape index (κ3) is 3.41. The van der Waals surface area contributed by atoms with E-state index in [0.717, 1.165) is 19.4 Å². The summed E-state index contributed by atoms with van der Waals surface area (Å²) in [5.74, 6) is -0.532. The lowest BCUT2D eigenvalue weighted by molar-refractivity contribution is -0.136. The Balaban J connectivity index is 0.00000176. The highest BCUT2D eigenvalue weighted by Crippen LogP contribution is 2.29. The van der Waals surface area contributed by atoms with Crippen molar-refractivity contribution < 1.29 is 9.18 Å². The van der Waals surface area contributed by atoms with Crippen molar-refractivity contribution >= 4 is 18.3 Å². The van der Waals surface area contributed by atoms with Gasteiger partial charge in [0.1, 0.15) is 5.82 Å². The molecule has 1 aromatic carbocycles. The number of nitrogens with two attached hydrogens (primary N) is 1. The first-order valence-electron chi connectivity index (χ1n) is 7.44. The summed E-state index contributed by atoms with van der Waals surface area (Å²) in [5, 5.41) is 0. The van der Waals surface area contributed by atoms with E-state index in [4.69, 9.17) is 5.73 Å². The number of hydrogen-bond acceptors (Lipinski definition) is 4. The molecule has 7 heteroatoms. The average Bonchev–Trinajstić information content (AvgIpc) is 2.96. The molecule has 2 heterocycles. The first kappa shape index (κ1) is 17.1. The van der Waals surface area contributed by atoms with Crippen LogP contribution in [0.1, 0.15) is 24.4 Å². The van der Waals surface area contributed by atoms with Gasteiger partial charge < -0.3 is 10.6 Å². The van der Waals surface area contributed by atoms with Crippen molar-refractivity contribution in [3.8, 4) is 0 Å². The van der Waals surface area contributed by atoms with E-state index < -0.39 is 0 Å². The van der Waals surface area contributed by atoms with Crippen LogP contribution in [-0.4, -0.2) is 36.5 Å². The van der Waals surface area contributed by atoms with Crippen molar-refractivity contribution in [2.45, 2.75) is 24.9 Å². The maximum atomic E-state index is 14.0. The minimum atomic E-state index is -0.336. The number of amides is 1. The van der Waals surface area contributed by atoms with Gasteiger partial charge in [-0.1, -0.05) is 18.2 Å². The number of rotatable bonds is 2.